The Kier molecular flexibility index (Phi) is 4.50. The number of hydrogen-bond acceptors (Lipinski definition) is 2. The second kappa shape index (κ2) is 5.75. The Morgan fingerprint density at radius 3 is 2.56 bits per heavy atom. The van der Waals surface area contributed by atoms with Crippen LogP contribution in [0.25, 0.3) is 0 Å². The van der Waals surface area contributed by atoms with Gasteiger partial charge in [0.25, 0.3) is 0 Å². The highest BCUT2D eigenvalue weighted by Crippen LogP contribution is 2.44. The first-order valence-electron chi connectivity index (χ1n) is 6.70. The molecule has 0 unspecified atom stereocenters. The highest BCUT2D eigenvalue weighted by molar-refractivity contribution is 9.11. The molecule has 18 heavy (non-hydrogen) atoms. The first kappa shape index (κ1) is 14.1. The lowest BCUT2D eigenvalue weighted by Gasteiger charge is -2.36. The number of halogens is 1. The molecule has 1 fully saturated rings. The molecule has 1 nitrogen and oxygen atoms in total. The highest BCUT2D eigenvalue weighted by atomic mass is 79.9. The summed E-state index contributed by atoms with van der Waals surface area (Å²) in [6.45, 7) is 4.61. The SMILES string of the molecule is CC(C)C1CCC(C#N)(Cc2ccc(Br)s2)CC1. The van der Waals surface area contributed by atoms with Crippen LogP contribution in [0.1, 0.15) is 44.4 Å². The maximum Gasteiger partial charge on any atom is 0.0701 e. The van der Waals surface area contributed by atoms with Crippen molar-refractivity contribution in [3.8, 4) is 6.07 Å². The largest absolute Gasteiger partial charge is 0.198 e. The zero-order valence-electron chi connectivity index (χ0n) is 11.1. The van der Waals surface area contributed by atoms with Crippen molar-refractivity contribution in [3.05, 3.63) is 20.8 Å². The fourth-order valence-electron chi connectivity index (χ4n) is 2.97. The van der Waals surface area contributed by atoms with E-state index in [1.165, 1.54) is 21.5 Å². The molecule has 0 aromatic carbocycles. The van der Waals surface area contributed by atoms with Crippen molar-refractivity contribution in [2.24, 2.45) is 17.3 Å². The maximum absolute atomic E-state index is 9.58. The standard InChI is InChI=1S/C15H20BrNS/c1-11(2)12-5-7-15(10-17,8-6-12)9-13-3-4-14(16)18-13/h3-4,11-12H,5-9H2,1-2H3. The molecular formula is C15H20BrNS. The Morgan fingerprint density at radius 1 is 1.44 bits per heavy atom. The van der Waals surface area contributed by atoms with E-state index in [0.29, 0.717) is 0 Å². The fraction of sp³-hybridized carbons (Fsp3) is 0.667. The second-order valence-corrected chi connectivity index (χ2v) is 8.40. The van der Waals surface area contributed by atoms with Gasteiger partial charge in [0, 0.05) is 11.3 Å². The normalized spacial score (nSPS) is 28.3. The topological polar surface area (TPSA) is 23.8 Å². The second-order valence-electron chi connectivity index (χ2n) is 5.86. The zero-order chi connectivity index (χ0) is 13.2. The summed E-state index contributed by atoms with van der Waals surface area (Å²) in [5.74, 6) is 1.58. The fourth-order valence-corrected chi connectivity index (χ4v) is 4.59. The smallest absolute Gasteiger partial charge is 0.0701 e. The Bertz CT molecular complexity index is 436. The summed E-state index contributed by atoms with van der Waals surface area (Å²) >= 11 is 5.27. The van der Waals surface area contributed by atoms with Crippen molar-refractivity contribution < 1.29 is 0 Å². The molecular weight excluding hydrogens is 306 g/mol. The summed E-state index contributed by atoms with van der Waals surface area (Å²) in [5, 5.41) is 9.58. The third-order valence-electron chi connectivity index (χ3n) is 4.31. The molecule has 0 aliphatic heterocycles. The highest BCUT2D eigenvalue weighted by Gasteiger charge is 2.36. The molecule has 0 spiro atoms. The third kappa shape index (κ3) is 3.16. The number of hydrogen-bond donors (Lipinski definition) is 0. The van der Waals surface area contributed by atoms with Crippen LogP contribution in [0, 0.1) is 28.6 Å². The summed E-state index contributed by atoms with van der Waals surface area (Å²) < 4.78 is 1.17. The average molecular weight is 326 g/mol. The molecule has 0 atom stereocenters. The summed E-state index contributed by atoms with van der Waals surface area (Å²) in [7, 11) is 0. The molecule has 1 aliphatic carbocycles. The lowest BCUT2D eigenvalue weighted by molar-refractivity contribution is 0.175. The van der Waals surface area contributed by atoms with Crippen LogP contribution in [0.3, 0.4) is 0 Å². The first-order valence-corrected chi connectivity index (χ1v) is 8.31. The molecule has 2 rings (SSSR count). The zero-order valence-corrected chi connectivity index (χ0v) is 13.5. The Balaban J connectivity index is 2.03. The summed E-state index contributed by atoms with van der Waals surface area (Å²) in [6, 6.07) is 6.87. The van der Waals surface area contributed by atoms with Gasteiger partial charge < -0.3 is 0 Å². The van der Waals surface area contributed by atoms with E-state index in [4.69, 9.17) is 0 Å². The molecule has 1 aromatic heterocycles. The van der Waals surface area contributed by atoms with Crippen molar-refractivity contribution in [1.82, 2.24) is 0 Å². The van der Waals surface area contributed by atoms with Crippen molar-refractivity contribution in [2.75, 3.05) is 0 Å². The van der Waals surface area contributed by atoms with E-state index in [2.05, 4.69) is 48.0 Å². The molecule has 0 amide bonds. The van der Waals surface area contributed by atoms with Gasteiger partial charge in [0.15, 0.2) is 0 Å². The van der Waals surface area contributed by atoms with Crippen LogP contribution in [0.15, 0.2) is 15.9 Å². The van der Waals surface area contributed by atoms with Crippen LogP contribution in [-0.2, 0) is 6.42 Å². The quantitative estimate of drug-likeness (QED) is 0.728. The van der Waals surface area contributed by atoms with Gasteiger partial charge in [-0.15, -0.1) is 11.3 Å². The van der Waals surface area contributed by atoms with Gasteiger partial charge in [-0.2, -0.15) is 5.26 Å². The molecule has 0 saturated heterocycles. The van der Waals surface area contributed by atoms with Gasteiger partial charge in [-0.3, -0.25) is 0 Å². The van der Waals surface area contributed by atoms with Crippen LogP contribution in [-0.4, -0.2) is 0 Å². The van der Waals surface area contributed by atoms with E-state index in [-0.39, 0.29) is 5.41 Å². The van der Waals surface area contributed by atoms with E-state index in [0.717, 1.165) is 31.1 Å². The predicted octanol–water partition coefficient (Wildman–Crippen LogP) is 5.41. The van der Waals surface area contributed by atoms with Crippen molar-refractivity contribution in [3.63, 3.8) is 0 Å². The van der Waals surface area contributed by atoms with Crippen LogP contribution >= 0.6 is 27.3 Å². The molecule has 98 valence electrons. The maximum atomic E-state index is 9.58. The number of nitrogens with zero attached hydrogens (tertiary/aromatic N) is 1. The summed E-state index contributed by atoms with van der Waals surface area (Å²) in [5.41, 5.74) is -0.102. The van der Waals surface area contributed by atoms with Crippen LogP contribution < -0.4 is 0 Å². The van der Waals surface area contributed by atoms with Gasteiger partial charge in [0.2, 0.25) is 0 Å². The van der Waals surface area contributed by atoms with Gasteiger partial charge in [0.1, 0.15) is 0 Å². The molecule has 0 radical (unpaired) electrons. The lowest BCUT2D eigenvalue weighted by Crippen LogP contribution is -2.29. The Morgan fingerprint density at radius 2 is 2.11 bits per heavy atom. The minimum absolute atomic E-state index is 0.102. The Labute approximate surface area is 122 Å². The van der Waals surface area contributed by atoms with E-state index in [1.807, 2.05) is 0 Å². The van der Waals surface area contributed by atoms with Crippen LogP contribution in [0.2, 0.25) is 0 Å². The number of nitriles is 1. The van der Waals surface area contributed by atoms with E-state index in [1.54, 1.807) is 11.3 Å². The van der Waals surface area contributed by atoms with E-state index < -0.39 is 0 Å². The number of thiophene rings is 1. The molecule has 1 aliphatic rings. The summed E-state index contributed by atoms with van der Waals surface area (Å²) in [4.78, 5) is 1.34. The van der Waals surface area contributed by atoms with Gasteiger partial charge in [-0.25, -0.2) is 0 Å². The Hall–Kier alpha value is -0.330. The van der Waals surface area contributed by atoms with Gasteiger partial charge >= 0.3 is 0 Å². The van der Waals surface area contributed by atoms with Crippen molar-refractivity contribution in [2.45, 2.75) is 46.0 Å². The van der Waals surface area contributed by atoms with Crippen molar-refractivity contribution >= 4 is 27.3 Å². The van der Waals surface area contributed by atoms with Crippen LogP contribution in [0.4, 0.5) is 0 Å². The monoisotopic (exact) mass is 325 g/mol. The molecule has 3 heteroatoms. The van der Waals surface area contributed by atoms with E-state index >= 15 is 0 Å². The minimum atomic E-state index is -0.102. The molecule has 1 heterocycles. The average Bonchev–Trinajstić information content (AvgIpc) is 2.75. The van der Waals surface area contributed by atoms with Gasteiger partial charge in [0.05, 0.1) is 15.3 Å². The minimum Gasteiger partial charge on any atom is -0.198 e. The van der Waals surface area contributed by atoms with Gasteiger partial charge in [-0.1, -0.05) is 13.8 Å². The molecule has 0 N–H and O–H groups in total. The molecule has 0 bridgehead atoms. The first-order chi connectivity index (χ1) is 8.54. The summed E-state index contributed by atoms with van der Waals surface area (Å²) in [6.07, 6.45) is 5.52. The molecule has 1 aromatic rings. The van der Waals surface area contributed by atoms with Gasteiger partial charge in [-0.05, 0) is 65.6 Å². The van der Waals surface area contributed by atoms with Crippen molar-refractivity contribution in [1.29, 1.82) is 5.26 Å². The number of rotatable bonds is 3. The van der Waals surface area contributed by atoms with E-state index in [9.17, 15) is 5.26 Å². The lowest BCUT2D eigenvalue weighted by atomic mass is 9.67. The van der Waals surface area contributed by atoms with Crippen LogP contribution in [0.5, 0.6) is 0 Å². The molecule has 1 saturated carbocycles. The predicted molar refractivity (Wildman–Crippen MR) is 80.6 cm³/mol. The third-order valence-corrected chi connectivity index (χ3v) is 5.93.